The highest BCUT2D eigenvalue weighted by Crippen LogP contribution is 2.30. The van der Waals surface area contributed by atoms with E-state index in [2.05, 4.69) is 10.2 Å². The summed E-state index contributed by atoms with van der Waals surface area (Å²) in [5, 5.41) is 2.83. The number of ether oxygens (including phenoxy) is 1. The maximum absolute atomic E-state index is 12.7. The lowest BCUT2D eigenvalue weighted by Crippen LogP contribution is -2.67. The van der Waals surface area contributed by atoms with Crippen molar-refractivity contribution in [3.8, 4) is 0 Å². The summed E-state index contributed by atoms with van der Waals surface area (Å²) >= 11 is 0. The van der Waals surface area contributed by atoms with Crippen LogP contribution in [-0.2, 0) is 19.1 Å². The van der Waals surface area contributed by atoms with Gasteiger partial charge in [-0.2, -0.15) is 0 Å². The Hall–Kier alpha value is -1.63. The fourth-order valence-electron chi connectivity index (χ4n) is 3.25. The normalized spacial score (nSPS) is 27.1. The highest BCUT2D eigenvalue weighted by Gasteiger charge is 2.50. The lowest BCUT2D eigenvalue weighted by molar-refractivity contribution is -0.167. The number of β-lactam (4-membered cyclic amide) rings is 1. The summed E-state index contributed by atoms with van der Waals surface area (Å²) in [6.07, 6.45) is -0.548. The maximum Gasteiger partial charge on any atom is 0.311 e. The number of rotatable bonds is 4. The maximum atomic E-state index is 12.7. The molecular weight excluding hydrogens is 322 g/mol. The summed E-state index contributed by atoms with van der Waals surface area (Å²) in [6, 6.07) is -0.289. The summed E-state index contributed by atoms with van der Waals surface area (Å²) in [6.45, 7) is 12.0. The molecule has 2 saturated heterocycles. The van der Waals surface area contributed by atoms with Gasteiger partial charge in [0.05, 0.1) is 23.3 Å². The fourth-order valence-corrected chi connectivity index (χ4v) is 3.25. The van der Waals surface area contributed by atoms with Crippen molar-refractivity contribution in [2.75, 3.05) is 33.2 Å². The number of likely N-dealkylation sites (N-methyl/N-ethyl adjacent to an activating group) is 1. The van der Waals surface area contributed by atoms with Crippen molar-refractivity contribution >= 4 is 17.8 Å². The Balaban J connectivity index is 1.97. The summed E-state index contributed by atoms with van der Waals surface area (Å²) in [5.41, 5.74) is -0.620. The van der Waals surface area contributed by atoms with E-state index >= 15 is 0 Å². The Morgan fingerprint density at radius 1 is 1.16 bits per heavy atom. The Bertz CT molecular complexity index is 535. The first-order valence-corrected chi connectivity index (χ1v) is 9.01. The molecule has 0 aliphatic carbocycles. The summed E-state index contributed by atoms with van der Waals surface area (Å²) in [5.74, 6) is -1.24. The third kappa shape index (κ3) is 4.32. The summed E-state index contributed by atoms with van der Waals surface area (Å²) in [7, 11) is 2.04. The van der Waals surface area contributed by atoms with E-state index in [4.69, 9.17) is 4.74 Å². The number of hydrogen-bond donors (Lipinski definition) is 1. The molecule has 2 aliphatic rings. The van der Waals surface area contributed by atoms with E-state index in [1.54, 1.807) is 27.7 Å². The van der Waals surface area contributed by atoms with Gasteiger partial charge in [0.2, 0.25) is 11.8 Å². The molecule has 0 radical (unpaired) electrons. The van der Waals surface area contributed by atoms with Crippen LogP contribution < -0.4 is 5.32 Å². The first-order chi connectivity index (χ1) is 11.5. The molecule has 4 unspecified atom stereocenters. The SMILES string of the molecule is CC(OC(=O)C(C)(C)C)C1C(=O)NC1C(C)C(=O)N1CCN(C)CC1. The Kier molecular flexibility index (Phi) is 5.76. The van der Waals surface area contributed by atoms with Crippen molar-refractivity contribution in [2.24, 2.45) is 17.3 Å². The second-order valence-corrected chi connectivity index (χ2v) is 8.34. The summed E-state index contributed by atoms with van der Waals surface area (Å²) < 4.78 is 5.48. The zero-order valence-electron chi connectivity index (χ0n) is 16.2. The lowest BCUT2D eigenvalue weighted by Gasteiger charge is -2.44. The molecule has 7 heteroatoms. The second-order valence-electron chi connectivity index (χ2n) is 8.34. The molecule has 0 aromatic heterocycles. The summed E-state index contributed by atoms with van der Waals surface area (Å²) in [4.78, 5) is 40.9. The number of carbonyl (C=O) groups is 3. The molecule has 4 atom stereocenters. The van der Waals surface area contributed by atoms with Crippen molar-refractivity contribution in [1.82, 2.24) is 15.1 Å². The Labute approximate surface area is 150 Å². The third-order valence-electron chi connectivity index (χ3n) is 5.15. The van der Waals surface area contributed by atoms with E-state index in [9.17, 15) is 14.4 Å². The van der Waals surface area contributed by atoms with Gasteiger partial charge in [-0.25, -0.2) is 0 Å². The molecule has 2 heterocycles. The quantitative estimate of drug-likeness (QED) is 0.588. The van der Waals surface area contributed by atoms with Gasteiger partial charge in [0.25, 0.3) is 0 Å². The van der Waals surface area contributed by atoms with Gasteiger partial charge in [0, 0.05) is 26.2 Å². The molecule has 142 valence electrons. The van der Waals surface area contributed by atoms with E-state index in [0.29, 0.717) is 13.1 Å². The van der Waals surface area contributed by atoms with E-state index in [1.807, 2.05) is 18.9 Å². The van der Waals surface area contributed by atoms with Gasteiger partial charge in [-0.1, -0.05) is 6.92 Å². The van der Waals surface area contributed by atoms with Crippen molar-refractivity contribution in [1.29, 1.82) is 0 Å². The van der Waals surface area contributed by atoms with E-state index < -0.39 is 17.4 Å². The van der Waals surface area contributed by atoms with Crippen molar-refractivity contribution in [3.05, 3.63) is 0 Å². The predicted molar refractivity (Wildman–Crippen MR) is 93.7 cm³/mol. The predicted octanol–water partition coefficient (Wildman–Crippen LogP) is 0.489. The zero-order chi connectivity index (χ0) is 18.9. The minimum atomic E-state index is -0.620. The first kappa shape index (κ1) is 19.7. The average molecular weight is 353 g/mol. The van der Waals surface area contributed by atoms with Gasteiger partial charge in [0.15, 0.2) is 0 Å². The second kappa shape index (κ2) is 7.32. The smallest absolute Gasteiger partial charge is 0.311 e. The highest BCUT2D eigenvalue weighted by atomic mass is 16.5. The standard InChI is InChI=1S/C18H31N3O4/c1-11(16(23)21-9-7-20(6)8-10-21)14-13(15(22)19-14)12(2)25-17(24)18(3,4)5/h11-14H,7-10H2,1-6H3,(H,19,22). The minimum Gasteiger partial charge on any atom is -0.461 e. The van der Waals surface area contributed by atoms with Crippen LogP contribution in [0.4, 0.5) is 0 Å². The van der Waals surface area contributed by atoms with Crippen LogP contribution in [0.5, 0.6) is 0 Å². The van der Waals surface area contributed by atoms with Crippen LogP contribution in [0.1, 0.15) is 34.6 Å². The molecule has 0 bridgehead atoms. The number of nitrogens with zero attached hydrogens (tertiary/aromatic N) is 2. The van der Waals surface area contributed by atoms with Gasteiger partial charge >= 0.3 is 5.97 Å². The number of piperazine rings is 1. The topological polar surface area (TPSA) is 78.9 Å². The van der Waals surface area contributed by atoms with Crippen molar-refractivity contribution in [3.63, 3.8) is 0 Å². The lowest BCUT2D eigenvalue weighted by atomic mass is 9.78. The van der Waals surface area contributed by atoms with Crippen LogP contribution in [0, 0.1) is 17.3 Å². The number of amides is 2. The third-order valence-corrected chi connectivity index (χ3v) is 5.15. The minimum absolute atomic E-state index is 0.0532. The molecule has 0 saturated carbocycles. The zero-order valence-corrected chi connectivity index (χ0v) is 16.2. The molecule has 2 aliphatic heterocycles. The van der Waals surface area contributed by atoms with Crippen LogP contribution >= 0.6 is 0 Å². The molecular formula is C18H31N3O4. The van der Waals surface area contributed by atoms with Crippen molar-refractivity contribution in [2.45, 2.75) is 46.8 Å². The van der Waals surface area contributed by atoms with E-state index in [1.165, 1.54) is 0 Å². The average Bonchev–Trinajstić information content (AvgIpc) is 2.50. The van der Waals surface area contributed by atoms with Crippen molar-refractivity contribution < 1.29 is 19.1 Å². The van der Waals surface area contributed by atoms with Crippen LogP contribution in [0.2, 0.25) is 0 Å². The highest BCUT2D eigenvalue weighted by molar-refractivity contribution is 5.90. The van der Waals surface area contributed by atoms with Crippen LogP contribution in [0.25, 0.3) is 0 Å². The molecule has 2 rings (SSSR count). The van der Waals surface area contributed by atoms with Gasteiger partial charge < -0.3 is 19.9 Å². The number of carbonyl (C=O) groups excluding carboxylic acids is 3. The fraction of sp³-hybridized carbons (Fsp3) is 0.833. The van der Waals surface area contributed by atoms with Gasteiger partial charge in [-0.15, -0.1) is 0 Å². The van der Waals surface area contributed by atoms with E-state index in [0.717, 1.165) is 13.1 Å². The number of hydrogen-bond acceptors (Lipinski definition) is 5. The molecule has 0 spiro atoms. The number of esters is 1. The van der Waals surface area contributed by atoms with Crippen LogP contribution in [-0.4, -0.2) is 73.0 Å². The van der Waals surface area contributed by atoms with Gasteiger partial charge in [-0.3, -0.25) is 14.4 Å². The molecule has 0 aromatic rings. The molecule has 2 fully saturated rings. The molecule has 2 amide bonds. The Morgan fingerprint density at radius 3 is 2.20 bits per heavy atom. The Morgan fingerprint density at radius 2 is 1.72 bits per heavy atom. The molecule has 7 nitrogen and oxygen atoms in total. The number of nitrogens with one attached hydrogen (secondary N) is 1. The molecule has 1 N–H and O–H groups in total. The van der Waals surface area contributed by atoms with Gasteiger partial charge in [-0.05, 0) is 34.7 Å². The molecule has 0 aromatic carbocycles. The van der Waals surface area contributed by atoms with Crippen LogP contribution in [0.15, 0.2) is 0 Å². The van der Waals surface area contributed by atoms with E-state index in [-0.39, 0.29) is 29.7 Å². The molecule has 25 heavy (non-hydrogen) atoms. The first-order valence-electron chi connectivity index (χ1n) is 9.01. The monoisotopic (exact) mass is 353 g/mol. The van der Waals surface area contributed by atoms with Crippen LogP contribution in [0.3, 0.4) is 0 Å². The van der Waals surface area contributed by atoms with Gasteiger partial charge in [0.1, 0.15) is 6.10 Å². The largest absolute Gasteiger partial charge is 0.461 e.